The van der Waals surface area contributed by atoms with Gasteiger partial charge in [-0.25, -0.2) is 0 Å². The molecule has 3 aromatic rings. The molecule has 0 spiro atoms. The number of hydrogen-bond donors (Lipinski definition) is 5. The largest absolute Gasteiger partial charge is 0.494 e. The van der Waals surface area contributed by atoms with Gasteiger partial charge >= 0.3 is 0 Å². The summed E-state index contributed by atoms with van der Waals surface area (Å²) >= 11 is 0. The minimum absolute atomic E-state index is 0.0300. The Bertz CT molecular complexity index is 1560. The summed E-state index contributed by atoms with van der Waals surface area (Å²) in [7, 11) is 8.87. The summed E-state index contributed by atoms with van der Waals surface area (Å²) in [5.74, 6) is 0.191. The van der Waals surface area contributed by atoms with Crippen molar-refractivity contribution in [3.05, 3.63) is 41.7 Å². The standard InChI is InChI=1S/C30H44B3N9O4/c1-4-5-7-17(12-13-34)16-35-28(44)23-14-21(41-42(23)2)19-8-6-9-20(26(19)46-3)36-22-15-24(37-27(43)18-10-11-18)39-40-25(22)29(45)38-30(31,32)33/h6,8-9,14-15,17-18H,4-5,7,10-13,16,31-34H2,1-3H3,(H,35,44)(H,38,45)(H2,36,37,39,43). The molecule has 1 atom stereocenters. The van der Waals surface area contributed by atoms with E-state index < -0.39 is 11.1 Å². The van der Waals surface area contributed by atoms with Crippen LogP contribution in [0.25, 0.3) is 11.3 Å². The molecule has 1 unspecified atom stereocenters. The lowest BCUT2D eigenvalue weighted by Crippen LogP contribution is -2.50. The number of unbranched alkanes of at least 4 members (excludes halogenated alkanes) is 1. The second-order valence-electron chi connectivity index (χ2n) is 12.8. The van der Waals surface area contributed by atoms with Gasteiger partial charge in [-0.1, -0.05) is 25.8 Å². The quantitative estimate of drug-likeness (QED) is 0.138. The van der Waals surface area contributed by atoms with Gasteiger partial charge in [0.2, 0.25) is 5.91 Å². The van der Waals surface area contributed by atoms with Gasteiger partial charge in [0.25, 0.3) is 11.8 Å². The number of rotatable bonds is 16. The fourth-order valence-electron chi connectivity index (χ4n) is 5.11. The Morgan fingerprint density at radius 1 is 1.11 bits per heavy atom. The van der Waals surface area contributed by atoms with Gasteiger partial charge in [0.05, 0.1) is 24.2 Å². The van der Waals surface area contributed by atoms with Crippen molar-refractivity contribution in [2.75, 3.05) is 30.8 Å². The van der Waals surface area contributed by atoms with E-state index in [4.69, 9.17) is 10.5 Å². The van der Waals surface area contributed by atoms with E-state index in [9.17, 15) is 14.4 Å². The zero-order valence-corrected chi connectivity index (χ0v) is 27.7. The van der Waals surface area contributed by atoms with E-state index in [1.165, 1.54) is 7.11 Å². The number of aromatic nitrogens is 4. The molecule has 16 heteroatoms. The number of carbonyl (C=O) groups excluding carboxylic acids is 3. The molecule has 46 heavy (non-hydrogen) atoms. The van der Waals surface area contributed by atoms with Crippen LogP contribution in [0.5, 0.6) is 5.75 Å². The second-order valence-corrected chi connectivity index (χ2v) is 12.8. The van der Waals surface area contributed by atoms with Crippen molar-refractivity contribution in [1.82, 2.24) is 30.6 Å². The molecule has 13 nitrogen and oxygen atoms in total. The Hall–Kier alpha value is -4.33. The molecule has 1 aliphatic carbocycles. The first kappa shape index (κ1) is 34.5. The highest BCUT2D eigenvalue weighted by Gasteiger charge is 2.30. The number of carbonyl (C=O) groups is 3. The summed E-state index contributed by atoms with van der Waals surface area (Å²) in [6.07, 6.45) is 5.74. The third-order valence-corrected chi connectivity index (χ3v) is 7.67. The number of nitrogens with one attached hydrogen (secondary N) is 4. The molecule has 1 saturated carbocycles. The van der Waals surface area contributed by atoms with Crippen LogP contribution in [0, 0.1) is 11.8 Å². The molecule has 0 radical (unpaired) electrons. The number of methoxy groups -OCH3 is 1. The topological polar surface area (TPSA) is 178 Å². The zero-order valence-electron chi connectivity index (χ0n) is 27.7. The third kappa shape index (κ3) is 9.12. The average molecular weight is 627 g/mol. The van der Waals surface area contributed by atoms with E-state index in [0.29, 0.717) is 53.1 Å². The van der Waals surface area contributed by atoms with E-state index >= 15 is 0 Å². The van der Waals surface area contributed by atoms with E-state index in [2.05, 4.69) is 43.5 Å². The predicted octanol–water partition coefficient (Wildman–Crippen LogP) is 0.103. The van der Waals surface area contributed by atoms with Crippen molar-refractivity contribution >= 4 is 58.5 Å². The minimum Gasteiger partial charge on any atom is -0.494 e. The van der Waals surface area contributed by atoms with Crippen molar-refractivity contribution in [3.63, 3.8) is 0 Å². The van der Waals surface area contributed by atoms with Crippen molar-refractivity contribution < 1.29 is 19.1 Å². The molecule has 242 valence electrons. The van der Waals surface area contributed by atoms with Crippen LogP contribution in [0.15, 0.2) is 30.3 Å². The molecule has 2 aromatic heterocycles. The number of nitrogens with zero attached hydrogens (tertiary/aromatic N) is 4. The smallest absolute Gasteiger partial charge is 0.272 e. The first-order valence-electron chi connectivity index (χ1n) is 15.9. The van der Waals surface area contributed by atoms with Crippen molar-refractivity contribution in [3.8, 4) is 17.0 Å². The molecular formula is C30H44B3N9O4. The maximum absolute atomic E-state index is 13.2. The molecule has 0 saturated heterocycles. The number of para-hydroxylation sites is 1. The third-order valence-electron chi connectivity index (χ3n) is 7.67. The van der Waals surface area contributed by atoms with Crippen LogP contribution in [0.3, 0.4) is 0 Å². The Labute approximate surface area is 272 Å². The summed E-state index contributed by atoms with van der Waals surface area (Å²) in [5, 5.41) is 24.4. The number of anilines is 3. The monoisotopic (exact) mass is 627 g/mol. The highest BCUT2D eigenvalue weighted by molar-refractivity contribution is 6.60. The molecule has 1 aliphatic rings. The highest BCUT2D eigenvalue weighted by atomic mass is 16.5. The van der Waals surface area contributed by atoms with E-state index in [1.54, 1.807) is 29.9 Å². The van der Waals surface area contributed by atoms with Crippen LogP contribution in [0.4, 0.5) is 17.2 Å². The van der Waals surface area contributed by atoms with Crippen molar-refractivity contribution in [2.45, 2.75) is 50.7 Å². The fraction of sp³-hybridized carbons (Fsp3) is 0.467. The van der Waals surface area contributed by atoms with Crippen LogP contribution in [-0.4, -0.2) is 86.7 Å². The first-order valence-corrected chi connectivity index (χ1v) is 15.9. The number of nitrogens with two attached hydrogens (primary N) is 1. The molecule has 4 rings (SSSR count). The summed E-state index contributed by atoms with van der Waals surface area (Å²) in [5.41, 5.74) is 8.28. The van der Waals surface area contributed by atoms with Gasteiger partial charge in [0.1, 0.15) is 29.2 Å². The molecular weight excluding hydrogens is 583 g/mol. The van der Waals surface area contributed by atoms with E-state index in [1.807, 2.05) is 35.7 Å². The van der Waals surface area contributed by atoms with Gasteiger partial charge in [-0.05, 0) is 61.6 Å². The van der Waals surface area contributed by atoms with Gasteiger partial charge in [-0.3, -0.25) is 19.1 Å². The van der Waals surface area contributed by atoms with Crippen LogP contribution >= 0.6 is 0 Å². The number of hydrogen-bond acceptors (Lipinski definition) is 9. The molecule has 3 amide bonds. The average Bonchev–Trinajstić information content (AvgIpc) is 3.79. The molecule has 2 heterocycles. The zero-order chi connectivity index (χ0) is 33.4. The summed E-state index contributed by atoms with van der Waals surface area (Å²) < 4.78 is 7.39. The van der Waals surface area contributed by atoms with Gasteiger partial charge in [-0.15, -0.1) is 10.2 Å². The Balaban J connectivity index is 1.62. The number of benzene rings is 1. The van der Waals surface area contributed by atoms with Crippen LogP contribution in [-0.2, 0) is 11.8 Å². The number of amides is 3. The molecule has 1 aromatic carbocycles. The van der Waals surface area contributed by atoms with Crippen LogP contribution in [0.1, 0.15) is 66.4 Å². The Morgan fingerprint density at radius 3 is 2.52 bits per heavy atom. The maximum Gasteiger partial charge on any atom is 0.272 e. The van der Waals surface area contributed by atoms with E-state index in [0.717, 1.165) is 38.5 Å². The Kier molecular flexibility index (Phi) is 11.5. The van der Waals surface area contributed by atoms with Crippen molar-refractivity contribution in [2.24, 2.45) is 24.6 Å². The van der Waals surface area contributed by atoms with Gasteiger partial charge in [0, 0.05) is 31.1 Å². The first-order chi connectivity index (χ1) is 21.9. The normalized spacial score (nSPS) is 13.5. The van der Waals surface area contributed by atoms with Gasteiger partial charge in [-0.2, -0.15) is 5.10 Å². The molecule has 0 aliphatic heterocycles. The van der Waals surface area contributed by atoms with Crippen LogP contribution < -0.4 is 31.7 Å². The van der Waals surface area contributed by atoms with Crippen LogP contribution in [0.2, 0.25) is 0 Å². The summed E-state index contributed by atoms with van der Waals surface area (Å²) in [6, 6.07) is 8.76. The highest BCUT2D eigenvalue weighted by Crippen LogP contribution is 2.38. The lowest BCUT2D eigenvalue weighted by atomic mass is 9.49. The van der Waals surface area contributed by atoms with Gasteiger partial charge in [0.15, 0.2) is 17.3 Å². The molecule has 0 bridgehead atoms. The summed E-state index contributed by atoms with van der Waals surface area (Å²) in [6.45, 7) is 3.28. The lowest BCUT2D eigenvalue weighted by molar-refractivity contribution is -0.117. The molecule has 1 fully saturated rings. The number of ether oxygens (including phenoxy) is 1. The van der Waals surface area contributed by atoms with Gasteiger partial charge < -0.3 is 31.7 Å². The van der Waals surface area contributed by atoms with Crippen molar-refractivity contribution in [1.29, 1.82) is 0 Å². The SMILES string of the molecule is BC(B)(B)NC(=O)c1nnc(NC(=O)C2CC2)cc1Nc1cccc(-c2cc(C(=O)NCC(CCN)CCCC)n(C)n2)c1OC. The van der Waals surface area contributed by atoms with E-state index in [-0.39, 0.29) is 29.2 Å². The fourth-order valence-corrected chi connectivity index (χ4v) is 5.11. The predicted molar refractivity (Wildman–Crippen MR) is 187 cm³/mol. The minimum atomic E-state index is -0.518. The number of aryl methyl sites for hydroxylation is 1. The maximum atomic E-state index is 13.2. The Morgan fingerprint density at radius 2 is 1.87 bits per heavy atom. The summed E-state index contributed by atoms with van der Waals surface area (Å²) in [4.78, 5) is 38.8. The second kappa shape index (κ2) is 15.3. The molecule has 6 N–H and O–H groups in total. The lowest BCUT2D eigenvalue weighted by Gasteiger charge is -2.22.